The Bertz CT molecular complexity index is 379. The molecular weight excluding hydrogens is 210 g/mol. The highest BCUT2D eigenvalue weighted by Crippen LogP contribution is 2.31. The quantitative estimate of drug-likeness (QED) is 0.758. The van der Waals surface area contributed by atoms with Crippen molar-refractivity contribution in [3.8, 4) is 5.75 Å². The first-order valence-electron chi connectivity index (χ1n) is 6.60. The summed E-state index contributed by atoms with van der Waals surface area (Å²) in [5.74, 6) is 1.97. The number of hydrogen-bond donors (Lipinski definition) is 2. The monoisotopic (exact) mass is 233 g/mol. The number of phenols is 1. The van der Waals surface area contributed by atoms with Crippen LogP contribution in [0.25, 0.3) is 0 Å². The third-order valence-corrected chi connectivity index (χ3v) is 3.75. The largest absolute Gasteiger partial charge is 0.508 e. The van der Waals surface area contributed by atoms with Crippen LogP contribution in [0, 0.1) is 18.8 Å². The van der Waals surface area contributed by atoms with Gasteiger partial charge >= 0.3 is 0 Å². The van der Waals surface area contributed by atoms with Crippen molar-refractivity contribution in [2.45, 2.75) is 46.1 Å². The average Bonchev–Trinajstić information content (AvgIpc) is 2.21. The van der Waals surface area contributed by atoms with Crippen LogP contribution in [0.1, 0.15) is 38.7 Å². The molecule has 0 heterocycles. The third kappa shape index (κ3) is 3.15. The molecule has 1 aromatic rings. The molecule has 1 aliphatic rings. The van der Waals surface area contributed by atoms with Crippen LogP contribution in [0.15, 0.2) is 18.2 Å². The number of aryl methyl sites for hydroxylation is 1. The normalized spacial score (nSPS) is 29.0. The molecule has 17 heavy (non-hydrogen) atoms. The smallest absolute Gasteiger partial charge is 0.115 e. The van der Waals surface area contributed by atoms with Gasteiger partial charge in [0.05, 0.1) is 0 Å². The predicted octanol–water partition coefficient (Wildman–Crippen LogP) is 3.94. The Labute approximate surface area is 104 Å². The van der Waals surface area contributed by atoms with Gasteiger partial charge in [-0.25, -0.2) is 0 Å². The molecule has 0 aromatic heterocycles. The lowest BCUT2D eigenvalue weighted by atomic mass is 9.80. The van der Waals surface area contributed by atoms with Gasteiger partial charge in [-0.1, -0.05) is 13.8 Å². The van der Waals surface area contributed by atoms with Crippen molar-refractivity contribution in [2.24, 2.45) is 11.8 Å². The van der Waals surface area contributed by atoms with E-state index < -0.39 is 0 Å². The molecule has 94 valence electrons. The molecule has 2 rings (SSSR count). The number of anilines is 1. The Morgan fingerprint density at radius 3 is 2.35 bits per heavy atom. The summed E-state index contributed by atoms with van der Waals surface area (Å²) in [5, 5.41) is 13.0. The van der Waals surface area contributed by atoms with Crippen LogP contribution >= 0.6 is 0 Å². The van der Waals surface area contributed by atoms with Crippen LogP contribution in [0.4, 0.5) is 5.69 Å². The van der Waals surface area contributed by atoms with Crippen molar-refractivity contribution in [1.29, 1.82) is 0 Å². The highest BCUT2D eigenvalue weighted by molar-refractivity contribution is 5.53. The summed E-state index contributed by atoms with van der Waals surface area (Å²) in [6.07, 6.45) is 3.86. The molecule has 1 aliphatic carbocycles. The molecule has 1 fully saturated rings. The standard InChI is InChI=1S/C15H23NO/c1-10-6-11(2)8-13(7-10)16-15-5-4-14(17)9-12(15)3/h4-5,9-11,13,16-17H,6-8H2,1-3H3. The van der Waals surface area contributed by atoms with E-state index >= 15 is 0 Å². The van der Waals surface area contributed by atoms with Gasteiger partial charge in [0.15, 0.2) is 0 Å². The summed E-state index contributed by atoms with van der Waals surface area (Å²) in [6.45, 7) is 6.72. The van der Waals surface area contributed by atoms with E-state index in [0.717, 1.165) is 23.1 Å². The van der Waals surface area contributed by atoms with E-state index in [1.54, 1.807) is 6.07 Å². The second-order valence-corrected chi connectivity index (χ2v) is 5.76. The van der Waals surface area contributed by atoms with Crippen molar-refractivity contribution < 1.29 is 5.11 Å². The Hall–Kier alpha value is -1.18. The molecule has 2 nitrogen and oxygen atoms in total. The zero-order valence-electron chi connectivity index (χ0n) is 11.0. The van der Waals surface area contributed by atoms with E-state index in [4.69, 9.17) is 0 Å². The number of hydrogen-bond acceptors (Lipinski definition) is 2. The number of nitrogens with one attached hydrogen (secondary N) is 1. The number of rotatable bonds is 2. The fourth-order valence-corrected chi connectivity index (χ4v) is 3.09. The van der Waals surface area contributed by atoms with Gasteiger partial charge in [-0.05, 0) is 61.8 Å². The predicted molar refractivity (Wildman–Crippen MR) is 72.4 cm³/mol. The highest BCUT2D eigenvalue weighted by Gasteiger charge is 2.23. The highest BCUT2D eigenvalue weighted by atomic mass is 16.3. The zero-order chi connectivity index (χ0) is 12.4. The minimum Gasteiger partial charge on any atom is -0.508 e. The Balaban J connectivity index is 2.04. The number of benzene rings is 1. The van der Waals surface area contributed by atoms with Crippen molar-refractivity contribution in [2.75, 3.05) is 5.32 Å². The second kappa shape index (κ2) is 4.99. The Kier molecular flexibility index (Phi) is 3.60. The van der Waals surface area contributed by atoms with Gasteiger partial charge < -0.3 is 10.4 Å². The lowest BCUT2D eigenvalue weighted by Gasteiger charge is -2.33. The summed E-state index contributed by atoms with van der Waals surface area (Å²) < 4.78 is 0. The third-order valence-electron chi connectivity index (χ3n) is 3.75. The molecule has 0 radical (unpaired) electrons. The molecule has 2 heteroatoms. The maximum Gasteiger partial charge on any atom is 0.115 e. The van der Waals surface area contributed by atoms with E-state index in [2.05, 4.69) is 19.2 Å². The van der Waals surface area contributed by atoms with Crippen molar-refractivity contribution in [3.05, 3.63) is 23.8 Å². The topological polar surface area (TPSA) is 32.3 Å². The van der Waals surface area contributed by atoms with Crippen LogP contribution in [-0.2, 0) is 0 Å². The molecule has 0 aliphatic heterocycles. The molecular formula is C15H23NO. The summed E-state index contributed by atoms with van der Waals surface area (Å²) in [6, 6.07) is 6.13. The average molecular weight is 233 g/mol. The van der Waals surface area contributed by atoms with Crippen LogP contribution in [0.2, 0.25) is 0 Å². The molecule has 1 saturated carbocycles. The van der Waals surface area contributed by atoms with Crippen molar-refractivity contribution in [1.82, 2.24) is 0 Å². The van der Waals surface area contributed by atoms with Gasteiger partial charge in [0.2, 0.25) is 0 Å². The fourth-order valence-electron chi connectivity index (χ4n) is 3.09. The van der Waals surface area contributed by atoms with Crippen LogP contribution in [0.5, 0.6) is 5.75 Å². The van der Waals surface area contributed by atoms with Crippen LogP contribution in [-0.4, -0.2) is 11.1 Å². The van der Waals surface area contributed by atoms with Crippen molar-refractivity contribution in [3.63, 3.8) is 0 Å². The van der Waals surface area contributed by atoms with Crippen LogP contribution < -0.4 is 5.32 Å². The van der Waals surface area contributed by atoms with Gasteiger partial charge in [0.25, 0.3) is 0 Å². The molecule has 0 spiro atoms. The molecule has 2 unspecified atom stereocenters. The minimum atomic E-state index is 0.346. The molecule has 2 atom stereocenters. The van der Waals surface area contributed by atoms with Gasteiger partial charge in [-0.3, -0.25) is 0 Å². The first kappa shape index (κ1) is 12.3. The van der Waals surface area contributed by atoms with Gasteiger partial charge in [-0.2, -0.15) is 0 Å². The van der Waals surface area contributed by atoms with E-state index in [-0.39, 0.29) is 0 Å². The maximum atomic E-state index is 9.40. The summed E-state index contributed by atoms with van der Waals surface area (Å²) in [5.41, 5.74) is 2.28. The van der Waals surface area contributed by atoms with E-state index in [0.29, 0.717) is 11.8 Å². The molecule has 1 aromatic carbocycles. The lowest BCUT2D eigenvalue weighted by Crippen LogP contribution is -2.30. The lowest BCUT2D eigenvalue weighted by molar-refractivity contribution is 0.281. The summed E-state index contributed by atoms with van der Waals surface area (Å²) >= 11 is 0. The molecule has 0 saturated heterocycles. The van der Waals surface area contributed by atoms with Gasteiger partial charge in [0.1, 0.15) is 5.75 Å². The summed E-state index contributed by atoms with van der Waals surface area (Å²) in [4.78, 5) is 0. The zero-order valence-corrected chi connectivity index (χ0v) is 11.0. The number of aromatic hydroxyl groups is 1. The fraction of sp³-hybridized carbons (Fsp3) is 0.600. The maximum absolute atomic E-state index is 9.40. The van der Waals surface area contributed by atoms with Crippen molar-refractivity contribution >= 4 is 5.69 Å². The van der Waals surface area contributed by atoms with Gasteiger partial charge in [0, 0.05) is 11.7 Å². The minimum absolute atomic E-state index is 0.346. The van der Waals surface area contributed by atoms with E-state index in [9.17, 15) is 5.11 Å². The molecule has 0 bridgehead atoms. The Morgan fingerprint density at radius 1 is 1.12 bits per heavy atom. The number of phenolic OH excluding ortho intramolecular Hbond substituents is 1. The van der Waals surface area contributed by atoms with Crippen LogP contribution in [0.3, 0.4) is 0 Å². The first-order chi connectivity index (χ1) is 8.04. The Morgan fingerprint density at radius 2 is 1.76 bits per heavy atom. The van der Waals surface area contributed by atoms with E-state index in [1.165, 1.54) is 19.3 Å². The summed E-state index contributed by atoms with van der Waals surface area (Å²) in [7, 11) is 0. The van der Waals surface area contributed by atoms with Gasteiger partial charge in [-0.15, -0.1) is 0 Å². The molecule has 0 amide bonds. The second-order valence-electron chi connectivity index (χ2n) is 5.76. The first-order valence-corrected chi connectivity index (χ1v) is 6.60. The molecule has 2 N–H and O–H groups in total. The SMILES string of the molecule is Cc1cc(O)ccc1NC1CC(C)CC(C)C1. The van der Waals surface area contributed by atoms with E-state index in [1.807, 2.05) is 19.1 Å².